The molecule has 1 aliphatic carbocycles. The first-order valence-electron chi connectivity index (χ1n) is 9.49. The van der Waals surface area contributed by atoms with Crippen molar-refractivity contribution < 1.29 is 4.79 Å². The van der Waals surface area contributed by atoms with Gasteiger partial charge < -0.3 is 0 Å². The van der Waals surface area contributed by atoms with Crippen LogP contribution in [0.15, 0.2) is 0 Å². The topological polar surface area (TPSA) is 20.3 Å². The number of ketones is 1. The predicted octanol–water partition coefficient (Wildman–Crippen LogP) is 4.87. The number of hydrogen-bond acceptors (Lipinski definition) is 2. The second-order valence-corrected chi connectivity index (χ2v) is 10.3. The second-order valence-electron chi connectivity index (χ2n) is 10.3. The minimum Gasteiger partial charge on any atom is -0.297 e. The molecule has 0 aromatic rings. The Morgan fingerprint density at radius 2 is 1.22 bits per heavy atom. The van der Waals surface area contributed by atoms with Gasteiger partial charge in [-0.2, -0.15) is 0 Å². The molecule has 0 spiro atoms. The van der Waals surface area contributed by atoms with Crippen LogP contribution < -0.4 is 0 Å². The number of carbonyl (C=O) groups is 1. The van der Waals surface area contributed by atoms with E-state index in [9.17, 15) is 4.79 Å². The molecule has 0 N–H and O–H groups in total. The molecule has 2 heteroatoms. The van der Waals surface area contributed by atoms with Crippen LogP contribution in [-0.4, -0.2) is 28.8 Å². The number of hydrogen-bond donors (Lipinski definition) is 0. The molecule has 23 heavy (non-hydrogen) atoms. The Morgan fingerprint density at radius 3 is 1.70 bits per heavy atom. The average molecular weight is 322 g/mol. The van der Waals surface area contributed by atoms with Gasteiger partial charge in [-0.3, -0.25) is 9.69 Å². The van der Waals surface area contributed by atoms with E-state index in [-0.39, 0.29) is 16.9 Å². The van der Waals surface area contributed by atoms with Crippen LogP contribution in [0.5, 0.6) is 0 Å². The molecule has 2 rings (SSSR count). The van der Waals surface area contributed by atoms with Crippen LogP contribution in [-0.2, 0) is 4.79 Å². The van der Waals surface area contributed by atoms with Crippen LogP contribution in [0.25, 0.3) is 0 Å². The molecule has 6 unspecified atom stereocenters. The van der Waals surface area contributed by atoms with Gasteiger partial charge in [0.25, 0.3) is 0 Å². The number of Topliss-reactive ketones (excluding diaryl/α,β-unsaturated/α-hetero) is 1. The molecule has 0 bridgehead atoms. The van der Waals surface area contributed by atoms with Crippen molar-refractivity contribution in [1.82, 2.24) is 4.90 Å². The quantitative estimate of drug-likeness (QED) is 0.634. The fourth-order valence-corrected chi connectivity index (χ4v) is 5.89. The first kappa shape index (κ1) is 19.0. The lowest BCUT2D eigenvalue weighted by atomic mass is 9.49. The smallest absolute Gasteiger partial charge is 0.156 e. The van der Waals surface area contributed by atoms with Gasteiger partial charge in [0.2, 0.25) is 0 Å². The zero-order valence-electron chi connectivity index (χ0n) is 17.3. The molecular formula is C21H39NO. The Morgan fingerprint density at radius 1 is 0.783 bits per heavy atom. The summed E-state index contributed by atoms with van der Waals surface area (Å²) in [6, 6.07) is 0. The summed E-state index contributed by atoms with van der Waals surface area (Å²) in [7, 11) is 2.15. The van der Waals surface area contributed by atoms with E-state index in [2.05, 4.69) is 81.2 Å². The van der Waals surface area contributed by atoms with Crippen molar-refractivity contribution in [3.8, 4) is 0 Å². The summed E-state index contributed by atoms with van der Waals surface area (Å²) in [6.45, 7) is 23.2. The SMILES string of the molecule is CC1C(C)C(C)C2C(C(=O)C(C)(C)N(C)C(C)(C)C2(C)C)C1C. The first-order valence-corrected chi connectivity index (χ1v) is 9.49. The molecule has 0 radical (unpaired) electrons. The molecule has 2 aliphatic rings. The van der Waals surface area contributed by atoms with Crippen molar-refractivity contribution in [3.05, 3.63) is 0 Å². The van der Waals surface area contributed by atoms with Gasteiger partial charge in [0.15, 0.2) is 5.78 Å². The van der Waals surface area contributed by atoms with E-state index in [4.69, 9.17) is 0 Å². The van der Waals surface area contributed by atoms with E-state index in [1.807, 2.05) is 0 Å². The molecule has 6 atom stereocenters. The number of likely N-dealkylation sites (tertiary alicyclic amines) is 1. The zero-order chi connectivity index (χ0) is 18.1. The van der Waals surface area contributed by atoms with Gasteiger partial charge in [0.1, 0.15) is 0 Å². The van der Waals surface area contributed by atoms with Gasteiger partial charge in [-0.1, -0.05) is 41.5 Å². The standard InChI is InChI=1S/C21H39NO/c1-12-13(2)15(4)17-16(14(12)3)18(23)20(7,8)22(11)21(9,10)19(17,5)6/h12-17H,1-11H3. The van der Waals surface area contributed by atoms with E-state index in [0.29, 0.717) is 35.4 Å². The lowest BCUT2D eigenvalue weighted by molar-refractivity contribution is -0.141. The van der Waals surface area contributed by atoms with Gasteiger partial charge in [-0.25, -0.2) is 0 Å². The van der Waals surface area contributed by atoms with Crippen LogP contribution in [0, 0.1) is 40.9 Å². The van der Waals surface area contributed by atoms with Crippen LogP contribution in [0.4, 0.5) is 0 Å². The molecule has 0 amide bonds. The fraction of sp³-hybridized carbons (Fsp3) is 0.952. The lowest BCUT2D eigenvalue weighted by Crippen LogP contribution is -2.61. The summed E-state index contributed by atoms with van der Waals surface area (Å²) >= 11 is 0. The number of likely N-dealkylation sites (N-methyl/N-ethyl adjacent to an activating group) is 1. The fourth-order valence-electron chi connectivity index (χ4n) is 5.89. The normalized spacial score (nSPS) is 46.1. The van der Waals surface area contributed by atoms with E-state index in [0.717, 1.165) is 0 Å². The average Bonchev–Trinajstić information content (AvgIpc) is 2.47. The lowest BCUT2D eigenvalue weighted by Gasteiger charge is -2.57. The maximum Gasteiger partial charge on any atom is 0.156 e. The minimum atomic E-state index is -0.408. The van der Waals surface area contributed by atoms with Crippen molar-refractivity contribution in [2.75, 3.05) is 7.05 Å². The van der Waals surface area contributed by atoms with Gasteiger partial charge in [0, 0.05) is 11.5 Å². The van der Waals surface area contributed by atoms with Gasteiger partial charge >= 0.3 is 0 Å². The largest absolute Gasteiger partial charge is 0.297 e. The van der Waals surface area contributed by atoms with Crippen LogP contribution in [0.2, 0.25) is 0 Å². The summed E-state index contributed by atoms with van der Waals surface area (Å²) in [4.78, 5) is 16.0. The highest BCUT2D eigenvalue weighted by molar-refractivity contribution is 5.91. The molecule has 1 saturated carbocycles. The highest BCUT2D eigenvalue weighted by atomic mass is 16.1. The Hall–Kier alpha value is -0.370. The third-order valence-electron chi connectivity index (χ3n) is 9.00. The summed E-state index contributed by atoms with van der Waals surface area (Å²) in [5.41, 5.74) is -0.355. The second kappa shape index (κ2) is 5.31. The number of carbonyl (C=O) groups excluding carboxylic acids is 1. The molecule has 1 heterocycles. The predicted molar refractivity (Wildman–Crippen MR) is 98.3 cm³/mol. The number of fused-ring (bicyclic) bond motifs is 1. The molecule has 1 saturated heterocycles. The van der Waals surface area contributed by atoms with Crippen LogP contribution in [0.3, 0.4) is 0 Å². The highest BCUT2D eigenvalue weighted by Crippen LogP contribution is 2.60. The molecule has 0 aromatic heterocycles. The van der Waals surface area contributed by atoms with Crippen LogP contribution >= 0.6 is 0 Å². The third kappa shape index (κ3) is 2.27. The molecular weight excluding hydrogens is 282 g/mol. The van der Waals surface area contributed by atoms with Gasteiger partial charge in [0.05, 0.1) is 5.54 Å². The van der Waals surface area contributed by atoms with Crippen molar-refractivity contribution in [2.45, 2.75) is 80.3 Å². The molecule has 2 nitrogen and oxygen atoms in total. The summed E-state index contributed by atoms with van der Waals surface area (Å²) in [6.07, 6.45) is 0. The Bertz CT molecular complexity index is 490. The maximum absolute atomic E-state index is 13.7. The highest BCUT2D eigenvalue weighted by Gasteiger charge is 2.63. The van der Waals surface area contributed by atoms with E-state index in [1.165, 1.54) is 0 Å². The molecule has 0 aromatic carbocycles. The van der Waals surface area contributed by atoms with Crippen molar-refractivity contribution >= 4 is 5.78 Å². The van der Waals surface area contributed by atoms with Crippen molar-refractivity contribution in [2.24, 2.45) is 40.9 Å². The Balaban J connectivity index is 2.72. The summed E-state index contributed by atoms with van der Waals surface area (Å²) in [5.74, 6) is 3.38. The summed E-state index contributed by atoms with van der Waals surface area (Å²) in [5, 5.41) is 0. The first-order chi connectivity index (χ1) is 10.2. The number of nitrogens with zero attached hydrogens (tertiary/aromatic N) is 1. The molecule has 2 fully saturated rings. The van der Waals surface area contributed by atoms with Gasteiger partial charge in [-0.05, 0) is 69.7 Å². The van der Waals surface area contributed by atoms with E-state index >= 15 is 0 Å². The van der Waals surface area contributed by atoms with Crippen LogP contribution in [0.1, 0.15) is 69.2 Å². The third-order valence-corrected chi connectivity index (χ3v) is 9.00. The zero-order valence-corrected chi connectivity index (χ0v) is 17.3. The monoisotopic (exact) mass is 321 g/mol. The van der Waals surface area contributed by atoms with E-state index < -0.39 is 5.54 Å². The summed E-state index contributed by atoms with van der Waals surface area (Å²) < 4.78 is 0. The molecule has 134 valence electrons. The minimum absolute atomic E-state index is 0.0279. The molecule has 1 aliphatic heterocycles. The van der Waals surface area contributed by atoms with E-state index in [1.54, 1.807) is 0 Å². The van der Waals surface area contributed by atoms with Gasteiger partial charge in [-0.15, -0.1) is 0 Å². The maximum atomic E-state index is 13.7. The Labute approximate surface area is 144 Å². The Kier molecular flexibility index (Phi) is 4.38. The van der Waals surface area contributed by atoms with Crippen molar-refractivity contribution in [3.63, 3.8) is 0 Å². The van der Waals surface area contributed by atoms with Crippen molar-refractivity contribution in [1.29, 1.82) is 0 Å². The number of rotatable bonds is 0.